The summed E-state index contributed by atoms with van der Waals surface area (Å²) in [5, 5.41) is 10.1. The SMILES string of the molecule is CC1(C=C[N+](=O)[O-])CCCCC1. The van der Waals surface area contributed by atoms with Crippen molar-refractivity contribution < 1.29 is 4.92 Å². The van der Waals surface area contributed by atoms with Crippen LogP contribution in [0.15, 0.2) is 12.3 Å². The first kappa shape index (κ1) is 9.23. The highest BCUT2D eigenvalue weighted by Gasteiger charge is 2.24. The van der Waals surface area contributed by atoms with Crippen LogP contribution in [0.1, 0.15) is 39.0 Å². The third-order valence-electron chi connectivity index (χ3n) is 2.59. The fourth-order valence-electron chi connectivity index (χ4n) is 1.77. The van der Waals surface area contributed by atoms with E-state index in [0.717, 1.165) is 19.0 Å². The molecular weight excluding hydrogens is 154 g/mol. The largest absolute Gasteiger partial charge is 0.259 e. The van der Waals surface area contributed by atoms with Crippen LogP contribution in [0.5, 0.6) is 0 Å². The lowest BCUT2D eigenvalue weighted by atomic mass is 9.76. The van der Waals surface area contributed by atoms with Crippen molar-refractivity contribution in [2.24, 2.45) is 5.41 Å². The van der Waals surface area contributed by atoms with Gasteiger partial charge < -0.3 is 0 Å². The molecule has 0 atom stereocenters. The van der Waals surface area contributed by atoms with Crippen LogP contribution in [0.25, 0.3) is 0 Å². The maximum atomic E-state index is 10.1. The molecule has 0 radical (unpaired) electrons. The van der Waals surface area contributed by atoms with Gasteiger partial charge in [-0.2, -0.15) is 0 Å². The average Bonchev–Trinajstić information content (AvgIpc) is 2.03. The van der Waals surface area contributed by atoms with Crippen molar-refractivity contribution in [1.29, 1.82) is 0 Å². The van der Waals surface area contributed by atoms with Crippen LogP contribution in [-0.4, -0.2) is 4.92 Å². The summed E-state index contributed by atoms with van der Waals surface area (Å²) in [5.41, 5.74) is 0.0886. The highest BCUT2D eigenvalue weighted by molar-refractivity contribution is 4.95. The quantitative estimate of drug-likeness (QED) is 0.471. The average molecular weight is 169 g/mol. The van der Waals surface area contributed by atoms with Crippen molar-refractivity contribution in [3.8, 4) is 0 Å². The van der Waals surface area contributed by atoms with Crippen molar-refractivity contribution in [1.82, 2.24) is 0 Å². The molecule has 0 unspecified atom stereocenters. The Hall–Kier alpha value is -0.860. The van der Waals surface area contributed by atoms with Gasteiger partial charge in [-0.05, 0) is 24.3 Å². The van der Waals surface area contributed by atoms with E-state index in [-0.39, 0.29) is 10.3 Å². The first-order valence-electron chi connectivity index (χ1n) is 4.45. The predicted molar refractivity (Wildman–Crippen MR) is 47.3 cm³/mol. The van der Waals surface area contributed by atoms with Crippen LogP contribution < -0.4 is 0 Å². The van der Waals surface area contributed by atoms with Crippen molar-refractivity contribution in [2.45, 2.75) is 39.0 Å². The van der Waals surface area contributed by atoms with Gasteiger partial charge in [0.2, 0.25) is 6.20 Å². The van der Waals surface area contributed by atoms with Gasteiger partial charge in [-0.3, -0.25) is 10.1 Å². The zero-order chi connectivity index (χ0) is 9.03. The molecule has 0 bridgehead atoms. The Morgan fingerprint density at radius 1 is 1.33 bits per heavy atom. The third kappa shape index (κ3) is 2.64. The second-order valence-electron chi connectivity index (χ2n) is 3.82. The fourth-order valence-corrected chi connectivity index (χ4v) is 1.77. The standard InChI is InChI=1S/C9H15NO2/c1-9(7-8-10(11)12)5-3-2-4-6-9/h7-8H,2-6H2,1H3. The zero-order valence-corrected chi connectivity index (χ0v) is 7.45. The van der Waals surface area contributed by atoms with Gasteiger partial charge in [0, 0.05) is 0 Å². The van der Waals surface area contributed by atoms with Gasteiger partial charge >= 0.3 is 0 Å². The Balaban J connectivity index is 2.52. The van der Waals surface area contributed by atoms with Gasteiger partial charge in [0.15, 0.2) is 0 Å². The van der Waals surface area contributed by atoms with Gasteiger partial charge in [-0.15, -0.1) is 0 Å². The summed E-state index contributed by atoms with van der Waals surface area (Å²) in [4.78, 5) is 9.73. The molecule has 68 valence electrons. The Morgan fingerprint density at radius 3 is 2.42 bits per heavy atom. The smallest absolute Gasteiger partial charge is 0.231 e. The summed E-state index contributed by atoms with van der Waals surface area (Å²) in [5.74, 6) is 0. The molecule has 1 saturated carbocycles. The topological polar surface area (TPSA) is 43.1 Å². The van der Waals surface area contributed by atoms with E-state index in [1.807, 2.05) is 0 Å². The van der Waals surface area contributed by atoms with Gasteiger partial charge in [0.1, 0.15) is 0 Å². The molecule has 1 rings (SSSR count). The monoisotopic (exact) mass is 169 g/mol. The molecule has 3 heteroatoms. The lowest BCUT2D eigenvalue weighted by molar-refractivity contribution is -0.403. The molecule has 0 heterocycles. The molecule has 0 amide bonds. The highest BCUT2D eigenvalue weighted by atomic mass is 16.6. The summed E-state index contributed by atoms with van der Waals surface area (Å²) in [7, 11) is 0. The molecule has 0 aliphatic heterocycles. The normalized spacial score (nSPS) is 22.8. The molecule has 0 aromatic rings. The molecule has 0 saturated heterocycles. The zero-order valence-electron chi connectivity index (χ0n) is 7.45. The van der Waals surface area contributed by atoms with Crippen LogP contribution in [0, 0.1) is 15.5 Å². The van der Waals surface area contributed by atoms with Crippen LogP contribution in [0.4, 0.5) is 0 Å². The minimum Gasteiger partial charge on any atom is -0.259 e. The molecule has 12 heavy (non-hydrogen) atoms. The number of nitro groups is 1. The Bertz CT molecular complexity index is 193. The fraction of sp³-hybridized carbons (Fsp3) is 0.778. The molecule has 1 aliphatic carbocycles. The van der Waals surface area contributed by atoms with E-state index in [1.54, 1.807) is 6.08 Å². The molecule has 1 fully saturated rings. The molecule has 1 aliphatic rings. The van der Waals surface area contributed by atoms with Crippen LogP contribution in [-0.2, 0) is 0 Å². The maximum absolute atomic E-state index is 10.1. The van der Waals surface area contributed by atoms with E-state index in [0.29, 0.717) is 0 Å². The van der Waals surface area contributed by atoms with Gasteiger partial charge in [-0.1, -0.05) is 26.2 Å². The summed E-state index contributed by atoms with van der Waals surface area (Å²) < 4.78 is 0. The first-order chi connectivity index (χ1) is 5.62. The number of hydrogen-bond donors (Lipinski definition) is 0. The summed E-state index contributed by atoms with van der Waals surface area (Å²) in [6, 6.07) is 0. The van der Waals surface area contributed by atoms with Crippen LogP contribution >= 0.6 is 0 Å². The Morgan fingerprint density at radius 2 is 1.92 bits per heavy atom. The predicted octanol–water partition coefficient (Wildman–Crippen LogP) is 2.75. The summed E-state index contributed by atoms with van der Waals surface area (Å²) in [6.45, 7) is 2.10. The van der Waals surface area contributed by atoms with E-state index < -0.39 is 0 Å². The molecule has 0 aromatic heterocycles. The van der Waals surface area contributed by atoms with Gasteiger partial charge in [0.05, 0.1) is 4.92 Å². The first-order valence-corrected chi connectivity index (χ1v) is 4.45. The van der Waals surface area contributed by atoms with E-state index in [1.165, 1.54) is 19.3 Å². The summed E-state index contributed by atoms with van der Waals surface area (Å²) in [6.07, 6.45) is 8.73. The van der Waals surface area contributed by atoms with E-state index >= 15 is 0 Å². The van der Waals surface area contributed by atoms with E-state index in [4.69, 9.17) is 0 Å². The number of rotatable bonds is 2. The third-order valence-corrected chi connectivity index (χ3v) is 2.59. The highest BCUT2D eigenvalue weighted by Crippen LogP contribution is 2.36. The molecule has 0 N–H and O–H groups in total. The van der Waals surface area contributed by atoms with Crippen molar-refractivity contribution in [2.75, 3.05) is 0 Å². The lowest BCUT2D eigenvalue weighted by Gasteiger charge is -2.29. The van der Waals surface area contributed by atoms with Crippen molar-refractivity contribution in [3.05, 3.63) is 22.4 Å². The van der Waals surface area contributed by atoms with Crippen molar-refractivity contribution >= 4 is 0 Å². The Labute approximate surface area is 72.6 Å². The number of hydrogen-bond acceptors (Lipinski definition) is 2. The second kappa shape index (κ2) is 3.70. The summed E-state index contributed by atoms with van der Waals surface area (Å²) >= 11 is 0. The number of allylic oxidation sites excluding steroid dienone is 1. The minimum absolute atomic E-state index is 0.0886. The Kier molecular flexibility index (Phi) is 2.84. The second-order valence-corrected chi connectivity index (χ2v) is 3.82. The van der Waals surface area contributed by atoms with Crippen molar-refractivity contribution in [3.63, 3.8) is 0 Å². The molecule has 0 spiro atoms. The van der Waals surface area contributed by atoms with E-state index in [9.17, 15) is 10.1 Å². The lowest BCUT2D eigenvalue weighted by Crippen LogP contribution is -2.17. The van der Waals surface area contributed by atoms with Gasteiger partial charge in [0.25, 0.3) is 0 Å². The van der Waals surface area contributed by atoms with Crippen LogP contribution in [0.2, 0.25) is 0 Å². The maximum Gasteiger partial charge on any atom is 0.231 e. The van der Waals surface area contributed by atoms with Crippen LogP contribution in [0.3, 0.4) is 0 Å². The van der Waals surface area contributed by atoms with E-state index in [2.05, 4.69) is 6.92 Å². The van der Waals surface area contributed by atoms with Gasteiger partial charge in [-0.25, -0.2) is 0 Å². The number of nitrogens with zero attached hydrogens (tertiary/aromatic N) is 1. The molecule has 3 nitrogen and oxygen atoms in total. The molecular formula is C9H15NO2. The molecule has 0 aromatic carbocycles. The minimum atomic E-state index is -0.375.